The summed E-state index contributed by atoms with van der Waals surface area (Å²) < 4.78 is 44.9. The predicted octanol–water partition coefficient (Wildman–Crippen LogP) is 5.68. The SMILES string of the molecule is COc1cc(/C=C/C(=NC2CCC(C)CC2)OS(=O)(=O)c2ccc(C)cc2)ccc1OCCn1ccnc1. The molecule has 0 bridgehead atoms. The van der Waals surface area contributed by atoms with Crippen molar-refractivity contribution in [3.8, 4) is 11.5 Å². The molecule has 0 spiro atoms. The second-order valence-corrected chi connectivity index (χ2v) is 11.2. The van der Waals surface area contributed by atoms with Gasteiger partial charge in [0.1, 0.15) is 11.5 Å². The molecule has 1 aromatic heterocycles. The summed E-state index contributed by atoms with van der Waals surface area (Å²) >= 11 is 0. The third kappa shape index (κ3) is 7.71. The van der Waals surface area contributed by atoms with Gasteiger partial charge in [-0.3, -0.25) is 0 Å². The molecule has 38 heavy (non-hydrogen) atoms. The molecule has 0 amide bonds. The molecule has 1 aliphatic rings. The number of aliphatic imine (C=N–C) groups is 1. The molecular weight excluding hydrogens is 502 g/mol. The van der Waals surface area contributed by atoms with Crippen LogP contribution in [0.1, 0.15) is 43.7 Å². The summed E-state index contributed by atoms with van der Waals surface area (Å²) in [7, 11) is -2.44. The number of hydrogen-bond donors (Lipinski definition) is 0. The van der Waals surface area contributed by atoms with Crippen LogP contribution < -0.4 is 9.47 Å². The highest BCUT2D eigenvalue weighted by molar-refractivity contribution is 7.87. The van der Waals surface area contributed by atoms with Crippen molar-refractivity contribution in [2.24, 2.45) is 10.9 Å². The van der Waals surface area contributed by atoms with E-state index in [1.807, 2.05) is 35.9 Å². The number of hydrogen-bond acceptors (Lipinski definition) is 7. The van der Waals surface area contributed by atoms with Gasteiger partial charge in [0.2, 0.25) is 5.90 Å². The highest BCUT2D eigenvalue weighted by Gasteiger charge is 2.21. The molecular formula is C29H35N3O5S. The summed E-state index contributed by atoms with van der Waals surface area (Å²) in [5.74, 6) is 1.93. The first-order valence-electron chi connectivity index (χ1n) is 12.9. The lowest BCUT2D eigenvalue weighted by molar-refractivity contribution is 0.279. The molecule has 0 aliphatic heterocycles. The number of aryl methyl sites for hydroxylation is 1. The van der Waals surface area contributed by atoms with Gasteiger partial charge in [0.15, 0.2) is 11.5 Å². The fourth-order valence-electron chi connectivity index (χ4n) is 4.26. The fourth-order valence-corrected chi connectivity index (χ4v) is 5.15. The van der Waals surface area contributed by atoms with Crippen LogP contribution in [0, 0.1) is 12.8 Å². The molecule has 1 aliphatic carbocycles. The summed E-state index contributed by atoms with van der Waals surface area (Å²) in [6, 6.07) is 12.1. The van der Waals surface area contributed by atoms with Crippen molar-refractivity contribution >= 4 is 22.1 Å². The van der Waals surface area contributed by atoms with Crippen LogP contribution in [0.5, 0.6) is 11.5 Å². The summed E-state index contributed by atoms with van der Waals surface area (Å²) in [5, 5.41) is 0. The van der Waals surface area contributed by atoms with Crippen LogP contribution in [-0.2, 0) is 20.8 Å². The first-order chi connectivity index (χ1) is 18.3. The Labute approximate surface area is 225 Å². The van der Waals surface area contributed by atoms with E-state index in [9.17, 15) is 8.42 Å². The minimum atomic E-state index is -4.02. The number of nitrogens with zero attached hydrogens (tertiary/aromatic N) is 3. The topological polar surface area (TPSA) is 92.0 Å². The Morgan fingerprint density at radius 3 is 2.55 bits per heavy atom. The number of rotatable bonds is 10. The van der Waals surface area contributed by atoms with Gasteiger partial charge in [-0.1, -0.05) is 30.7 Å². The highest BCUT2D eigenvalue weighted by atomic mass is 32.2. The quantitative estimate of drug-likeness (QED) is 0.188. The Balaban J connectivity index is 1.51. The van der Waals surface area contributed by atoms with Gasteiger partial charge in [-0.2, -0.15) is 8.42 Å². The summed E-state index contributed by atoms with van der Waals surface area (Å²) in [5.41, 5.74) is 1.77. The molecule has 8 nitrogen and oxygen atoms in total. The van der Waals surface area contributed by atoms with E-state index in [2.05, 4.69) is 11.9 Å². The van der Waals surface area contributed by atoms with Gasteiger partial charge in [-0.25, -0.2) is 9.98 Å². The first kappa shape index (κ1) is 27.4. The molecule has 3 aromatic rings. The Bertz CT molecular complexity index is 1340. The second-order valence-electron chi connectivity index (χ2n) is 9.62. The predicted molar refractivity (Wildman–Crippen MR) is 148 cm³/mol. The van der Waals surface area contributed by atoms with Crippen LogP contribution in [0.3, 0.4) is 0 Å². The Kier molecular flexibility index (Phi) is 9.23. The normalized spacial score (nSPS) is 18.4. The van der Waals surface area contributed by atoms with Gasteiger partial charge in [0.25, 0.3) is 0 Å². The van der Waals surface area contributed by atoms with Crippen LogP contribution in [0.15, 0.2) is 77.1 Å². The lowest BCUT2D eigenvalue weighted by Gasteiger charge is -2.23. The zero-order valence-corrected chi connectivity index (χ0v) is 22.9. The minimum absolute atomic E-state index is 0.0277. The summed E-state index contributed by atoms with van der Waals surface area (Å²) in [6.07, 6.45) is 12.7. The second kappa shape index (κ2) is 12.8. The maximum absolute atomic E-state index is 13.0. The van der Waals surface area contributed by atoms with E-state index < -0.39 is 10.1 Å². The minimum Gasteiger partial charge on any atom is -0.493 e. The number of methoxy groups -OCH3 is 1. The molecule has 1 fully saturated rings. The van der Waals surface area contributed by atoms with Crippen molar-refractivity contribution < 1.29 is 22.1 Å². The van der Waals surface area contributed by atoms with Crippen LogP contribution in [0.4, 0.5) is 0 Å². The molecule has 0 atom stereocenters. The molecule has 0 unspecified atom stereocenters. The number of ether oxygens (including phenoxy) is 2. The van der Waals surface area contributed by atoms with Crippen molar-refractivity contribution in [1.82, 2.24) is 9.55 Å². The van der Waals surface area contributed by atoms with Crippen molar-refractivity contribution in [3.63, 3.8) is 0 Å². The van der Waals surface area contributed by atoms with Crippen LogP contribution >= 0.6 is 0 Å². The molecule has 9 heteroatoms. The highest BCUT2D eigenvalue weighted by Crippen LogP contribution is 2.29. The molecule has 0 radical (unpaired) electrons. The lowest BCUT2D eigenvalue weighted by Crippen LogP contribution is -2.19. The average Bonchev–Trinajstić information content (AvgIpc) is 3.43. The van der Waals surface area contributed by atoms with Gasteiger partial charge in [0.05, 0.1) is 26.0 Å². The third-order valence-electron chi connectivity index (χ3n) is 6.57. The van der Waals surface area contributed by atoms with Gasteiger partial charge in [-0.15, -0.1) is 0 Å². The Morgan fingerprint density at radius 1 is 1.11 bits per heavy atom. The van der Waals surface area contributed by atoms with Crippen LogP contribution in [0.25, 0.3) is 6.08 Å². The number of benzene rings is 2. The van der Waals surface area contributed by atoms with E-state index in [-0.39, 0.29) is 16.8 Å². The molecule has 2 aromatic carbocycles. The van der Waals surface area contributed by atoms with E-state index in [1.165, 1.54) is 0 Å². The Hall–Kier alpha value is -3.59. The number of imidazole rings is 1. The summed E-state index contributed by atoms with van der Waals surface area (Å²) in [4.78, 5) is 8.83. The standard InChI is InChI=1S/C29H35N3O5S/c1-22-4-10-25(11-5-22)31-29(37-38(33,34)26-12-6-23(2)7-13-26)15-9-24-8-14-27(28(20-24)35-3)36-19-18-32-17-16-30-21-32/h6-9,12-17,20-22,25H,4-5,10-11,18-19H2,1-3H3/b15-9+,31-29?. The monoisotopic (exact) mass is 537 g/mol. The van der Waals surface area contributed by atoms with Crippen LogP contribution in [-0.4, -0.2) is 43.6 Å². The summed E-state index contributed by atoms with van der Waals surface area (Å²) in [6.45, 7) is 5.26. The average molecular weight is 538 g/mol. The van der Waals surface area contributed by atoms with Gasteiger partial charge >= 0.3 is 10.1 Å². The molecule has 0 saturated heterocycles. The first-order valence-corrected chi connectivity index (χ1v) is 14.3. The molecule has 202 valence electrons. The van der Waals surface area contributed by atoms with Crippen molar-refractivity contribution in [3.05, 3.63) is 78.4 Å². The van der Waals surface area contributed by atoms with Crippen molar-refractivity contribution in [2.45, 2.75) is 57.0 Å². The third-order valence-corrected chi connectivity index (χ3v) is 7.81. The van der Waals surface area contributed by atoms with Crippen molar-refractivity contribution in [2.75, 3.05) is 13.7 Å². The molecule has 0 N–H and O–H groups in total. The van der Waals surface area contributed by atoms with E-state index in [0.717, 1.165) is 36.8 Å². The van der Waals surface area contributed by atoms with E-state index in [0.29, 0.717) is 30.6 Å². The zero-order chi connectivity index (χ0) is 27.0. The largest absolute Gasteiger partial charge is 0.493 e. The zero-order valence-electron chi connectivity index (χ0n) is 22.1. The lowest BCUT2D eigenvalue weighted by atomic mass is 9.88. The molecule has 1 heterocycles. The molecule has 4 rings (SSSR count). The maximum atomic E-state index is 13.0. The van der Waals surface area contributed by atoms with Gasteiger partial charge in [0, 0.05) is 18.5 Å². The smallest absolute Gasteiger partial charge is 0.340 e. The van der Waals surface area contributed by atoms with Crippen LogP contribution in [0.2, 0.25) is 0 Å². The van der Waals surface area contributed by atoms with E-state index >= 15 is 0 Å². The number of aromatic nitrogens is 2. The van der Waals surface area contributed by atoms with E-state index in [4.69, 9.17) is 18.6 Å². The van der Waals surface area contributed by atoms with Crippen molar-refractivity contribution in [1.29, 1.82) is 0 Å². The van der Waals surface area contributed by atoms with Gasteiger partial charge in [-0.05, 0) is 74.4 Å². The molecule has 1 saturated carbocycles. The maximum Gasteiger partial charge on any atom is 0.340 e. The fraction of sp³-hybridized carbons (Fsp3) is 0.379. The Morgan fingerprint density at radius 2 is 1.87 bits per heavy atom. The van der Waals surface area contributed by atoms with Gasteiger partial charge < -0.3 is 18.2 Å². The van der Waals surface area contributed by atoms with E-state index in [1.54, 1.807) is 56.1 Å².